The lowest BCUT2D eigenvalue weighted by Gasteiger charge is -2.26. The second kappa shape index (κ2) is 4.53. The zero-order valence-corrected chi connectivity index (χ0v) is 12.1. The van der Waals surface area contributed by atoms with Crippen LogP contribution in [0, 0.1) is 0 Å². The number of carbonyl (C=O) groups is 1. The van der Waals surface area contributed by atoms with Gasteiger partial charge in [0.2, 0.25) is 5.95 Å². The predicted octanol–water partition coefficient (Wildman–Crippen LogP) is -0.239. The molecule has 0 spiro atoms. The number of tetrazole rings is 1. The Morgan fingerprint density at radius 1 is 1.52 bits per heavy atom. The first-order valence-corrected chi connectivity index (χ1v) is 7.80. The number of hydrogen-bond acceptors (Lipinski definition) is 8. The SMILES string of the molecule is CN1C(C(=O)Nc2nnn[nH]2)=C(O)c2sccc2S1(=O)=O. The number of aliphatic hydroxyl groups excluding tert-OH is 1. The average molecular weight is 328 g/mol. The van der Waals surface area contributed by atoms with Gasteiger partial charge in [-0.15, -0.1) is 11.3 Å². The Morgan fingerprint density at radius 3 is 2.95 bits per heavy atom. The van der Waals surface area contributed by atoms with Crippen molar-refractivity contribution in [2.75, 3.05) is 12.4 Å². The number of rotatable bonds is 2. The number of nitrogens with one attached hydrogen (secondary N) is 2. The van der Waals surface area contributed by atoms with Crippen LogP contribution in [0.15, 0.2) is 22.0 Å². The molecule has 2 aromatic heterocycles. The molecule has 0 fully saturated rings. The maximum Gasteiger partial charge on any atom is 0.279 e. The Bertz CT molecular complexity index is 837. The van der Waals surface area contributed by atoms with Crippen molar-refractivity contribution in [3.05, 3.63) is 22.0 Å². The highest BCUT2D eigenvalue weighted by molar-refractivity contribution is 7.89. The zero-order chi connectivity index (χ0) is 15.2. The number of thiophene rings is 1. The molecule has 0 aromatic carbocycles. The average Bonchev–Trinajstić information content (AvgIpc) is 3.07. The summed E-state index contributed by atoms with van der Waals surface area (Å²) in [5.74, 6) is -1.33. The number of nitrogens with zero attached hydrogens (tertiary/aromatic N) is 4. The number of carbonyl (C=O) groups excluding carboxylic acids is 1. The van der Waals surface area contributed by atoms with Crippen molar-refractivity contribution in [1.29, 1.82) is 0 Å². The third-order valence-corrected chi connectivity index (χ3v) is 5.66. The summed E-state index contributed by atoms with van der Waals surface area (Å²) in [6.07, 6.45) is 0. The molecule has 1 aliphatic rings. The third-order valence-electron chi connectivity index (χ3n) is 2.81. The lowest BCUT2D eigenvalue weighted by Crippen LogP contribution is -2.36. The lowest BCUT2D eigenvalue weighted by molar-refractivity contribution is -0.113. The second-order valence-electron chi connectivity index (χ2n) is 3.99. The monoisotopic (exact) mass is 328 g/mol. The minimum absolute atomic E-state index is 0.0367. The van der Waals surface area contributed by atoms with Gasteiger partial charge < -0.3 is 5.11 Å². The van der Waals surface area contributed by atoms with E-state index >= 15 is 0 Å². The van der Waals surface area contributed by atoms with Crippen molar-refractivity contribution in [2.45, 2.75) is 4.90 Å². The van der Waals surface area contributed by atoms with E-state index in [4.69, 9.17) is 0 Å². The van der Waals surface area contributed by atoms with E-state index in [9.17, 15) is 18.3 Å². The number of likely N-dealkylation sites (N-methyl/N-ethyl adjacent to an activating group) is 1. The summed E-state index contributed by atoms with van der Waals surface area (Å²) in [4.78, 5) is 12.2. The number of H-pyrrole nitrogens is 1. The van der Waals surface area contributed by atoms with Crippen LogP contribution in [-0.2, 0) is 14.8 Å². The second-order valence-corrected chi connectivity index (χ2v) is 6.84. The highest BCUT2D eigenvalue weighted by Crippen LogP contribution is 2.37. The van der Waals surface area contributed by atoms with Gasteiger partial charge in [0.1, 0.15) is 4.90 Å². The van der Waals surface area contributed by atoms with Gasteiger partial charge in [0.25, 0.3) is 15.9 Å². The normalized spacial score (nSPS) is 16.7. The first-order chi connectivity index (χ1) is 9.93. The Balaban J connectivity index is 2.09. The number of sulfonamides is 1. The molecule has 0 bridgehead atoms. The van der Waals surface area contributed by atoms with E-state index in [0.717, 1.165) is 15.6 Å². The first kappa shape index (κ1) is 13.5. The maximum absolute atomic E-state index is 12.3. The lowest BCUT2D eigenvalue weighted by atomic mass is 10.3. The van der Waals surface area contributed by atoms with Crippen LogP contribution in [0.1, 0.15) is 4.88 Å². The Labute approximate surface area is 122 Å². The van der Waals surface area contributed by atoms with Crippen molar-refractivity contribution in [3.63, 3.8) is 0 Å². The molecule has 3 N–H and O–H groups in total. The Morgan fingerprint density at radius 2 is 2.29 bits per heavy atom. The largest absolute Gasteiger partial charge is 0.504 e. The van der Waals surface area contributed by atoms with Crippen molar-refractivity contribution in [3.8, 4) is 0 Å². The fourth-order valence-electron chi connectivity index (χ4n) is 1.83. The molecule has 0 unspecified atom stereocenters. The van der Waals surface area contributed by atoms with Gasteiger partial charge in [-0.1, -0.05) is 5.10 Å². The van der Waals surface area contributed by atoms with Crippen molar-refractivity contribution in [2.24, 2.45) is 0 Å². The van der Waals surface area contributed by atoms with Crippen molar-refractivity contribution in [1.82, 2.24) is 24.9 Å². The van der Waals surface area contributed by atoms with Crippen LogP contribution in [-0.4, -0.2) is 51.4 Å². The molecule has 3 heterocycles. The van der Waals surface area contributed by atoms with Gasteiger partial charge in [0, 0.05) is 7.05 Å². The van der Waals surface area contributed by atoms with Gasteiger partial charge in [-0.25, -0.2) is 13.5 Å². The topological polar surface area (TPSA) is 141 Å². The quantitative estimate of drug-likeness (QED) is 0.690. The fraction of sp³-hybridized carbons (Fsp3) is 0.111. The molecule has 1 aliphatic heterocycles. The maximum atomic E-state index is 12.3. The predicted molar refractivity (Wildman–Crippen MR) is 71.6 cm³/mol. The van der Waals surface area contributed by atoms with E-state index < -0.39 is 27.4 Å². The number of anilines is 1. The summed E-state index contributed by atoms with van der Waals surface area (Å²) in [5.41, 5.74) is -0.402. The van der Waals surface area contributed by atoms with Crippen LogP contribution in [0.4, 0.5) is 5.95 Å². The van der Waals surface area contributed by atoms with Gasteiger partial charge in [-0.05, 0) is 21.9 Å². The van der Waals surface area contributed by atoms with Gasteiger partial charge in [-0.2, -0.15) is 0 Å². The molecule has 1 amide bonds. The van der Waals surface area contributed by atoms with Crippen LogP contribution >= 0.6 is 11.3 Å². The molecular weight excluding hydrogens is 320 g/mol. The van der Waals surface area contributed by atoms with Crippen LogP contribution in [0.25, 0.3) is 5.76 Å². The highest BCUT2D eigenvalue weighted by Gasteiger charge is 2.39. The summed E-state index contributed by atoms with van der Waals surface area (Å²) in [6, 6.07) is 1.37. The summed E-state index contributed by atoms with van der Waals surface area (Å²) in [5, 5.41) is 26.3. The number of aromatic nitrogens is 4. The number of aliphatic hydroxyl groups is 1. The smallest absolute Gasteiger partial charge is 0.279 e. The van der Waals surface area contributed by atoms with Crippen molar-refractivity contribution < 1.29 is 18.3 Å². The van der Waals surface area contributed by atoms with E-state index in [2.05, 4.69) is 25.9 Å². The molecule has 2 aromatic rings. The molecular formula is C9H8N6O4S2. The zero-order valence-electron chi connectivity index (χ0n) is 10.4. The molecule has 3 rings (SSSR count). The molecule has 12 heteroatoms. The number of aromatic amines is 1. The minimum Gasteiger partial charge on any atom is -0.504 e. The van der Waals surface area contributed by atoms with Gasteiger partial charge in [-0.3, -0.25) is 14.4 Å². The minimum atomic E-state index is -3.88. The molecule has 0 aliphatic carbocycles. The number of fused-ring (bicyclic) bond motifs is 1. The first-order valence-electron chi connectivity index (χ1n) is 5.48. The molecule has 21 heavy (non-hydrogen) atoms. The van der Waals surface area contributed by atoms with Crippen molar-refractivity contribution >= 4 is 39.0 Å². The van der Waals surface area contributed by atoms with Gasteiger partial charge in [0.05, 0.1) is 4.88 Å². The summed E-state index contributed by atoms with van der Waals surface area (Å²) < 4.78 is 25.3. The van der Waals surface area contributed by atoms with E-state index in [1.165, 1.54) is 18.5 Å². The molecule has 10 nitrogen and oxygen atoms in total. The van der Waals surface area contributed by atoms with E-state index in [0.29, 0.717) is 0 Å². The van der Waals surface area contributed by atoms with E-state index in [1.807, 2.05) is 0 Å². The summed E-state index contributed by atoms with van der Waals surface area (Å²) in [6.45, 7) is 0. The summed E-state index contributed by atoms with van der Waals surface area (Å²) in [7, 11) is -2.70. The highest BCUT2D eigenvalue weighted by atomic mass is 32.2. The molecule has 0 saturated heterocycles. The van der Waals surface area contributed by atoms with Crippen LogP contribution in [0.2, 0.25) is 0 Å². The Kier molecular flexibility index (Phi) is 2.91. The van der Waals surface area contributed by atoms with E-state index in [1.54, 1.807) is 0 Å². The summed E-state index contributed by atoms with van der Waals surface area (Å²) >= 11 is 1.03. The molecule has 0 saturated carbocycles. The van der Waals surface area contributed by atoms with Crippen LogP contribution < -0.4 is 5.32 Å². The number of hydrogen-bond donors (Lipinski definition) is 3. The third kappa shape index (κ3) is 1.95. The van der Waals surface area contributed by atoms with Crippen LogP contribution in [0.5, 0.6) is 0 Å². The van der Waals surface area contributed by atoms with Crippen LogP contribution in [0.3, 0.4) is 0 Å². The van der Waals surface area contributed by atoms with Gasteiger partial charge in [0.15, 0.2) is 11.5 Å². The molecule has 0 atom stereocenters. The molecule has 110 valence electrons. The Hall–Kier alpha value is -2.47. The number of amides is 1. The van der Waals surface area contributed by atoms with Gasteiger partial charge >= 0.3 is 0 Å². The molecule has 0 radical (unpaired) electrons. The standard InChI is InChI=1S/C9H8N6O4S2/c1-15-5(8(17)10-9-11-13-14-12-9)6(16)7-4(2-3-20-7)21(15,18)19/h2-3,16H,1H3,(H2,10,11,12,13,14,17). The van der Waals surface area contributed by atoms with E-state index in [-0.39, 0.29) is 15.7 Å². The fourth-order valence-corrected chi connectivity index (χ4v) is 4.38.